The topological polar surface area (TPSA) is 9.23 Å². The predicted octanol–water partition coefficient (Wildman–Crippen LogP) is 7.81. The molecule has 0 aromatic rings. The second-order valence-electron chi connectivity index (χ2n) is 9.86. The quantitative estimate of drug-likeness (QED) is 0.283. The summed E-state index contributed by atoms with van der Waals surface area (Å²) < 4.78 is 7.05. The second-order valence-corrected chi connectivity index (χ2v) is 14.6. The molecule has 1 nitrogen and oxygen atoms in total. The lowest BCUT2D eigenvalue weighted by molar-refractivity contribution is -0.0105. The van der Waals surface area contributed by atoms with Crippen LogP contribution in [0.5, 0.6) is 0 Å². The van der Waals surface area contributed by atoms with Crippen LogP contribution >= 0.6 is 0 Å². The number of hydrogen-bond acceptors (Lipinski definition) is 1. The number of unbranched alkanes of at least 4 members (excludes halogenated alkanes) is 1. The van der Waals surface area contributed by atoms with Gasteiger partial charge in [-0.1, -0.05) is 67.2 Å². The first-order valence-corrected chi connectivity index (χ1v) is 14.1. The summed E-state index contributed by atoms with van der Waals surface area (Å²) in [6.45, 7) is 14.5. The van der Waals surface area contributed by atoms with Crippen molar-refractivity contribution in [1.82, 2.24) is 0 Å². The molecule has 0 spiro atoms. The Labute approximate surface area is 159 Å². The van der Waals surface area contributed by atoms with Crippen LogP contribution in [-0.2, 0) is 4.43 Å². The maximum Gasteiger partial charge on any atom is 0.192 e. The summed E-state index contributed by atoms with van der Waals surface area (Å²) in [5.74, 6) is 2.69. The normalized spacial score (nSPS) is 33.0. The Morgan fingerprint density at radius 3 is 2.28 bits per heavy atom. The van der Waals surface area contributed by atoms with Gasteiger partial charge in [-0.05, 0) is 73.4 Å². The molecule has 2 aliphatic rings. The fraction of sp³-hybridized carbons (Fsp3) is 1.00. The molecule has 0 radical (unpaired) electrons. The van der Waals surface area contributed by atoms with E-state index >= 15 is 0 Å². The minimum atomic E-state index is -1.46. The van der Waals surface area contributed by atoms with Crippen molar-refractivity contribution < 1.29 is 4.43 Å². The Bertz CT molecular complexity index is 381. The highest BCUT2D eigenvalue weighted by molar-refractivity contribution is 6.73. The van der Waals surface area contributed by atoms with Gasteiger partial charge in [0.15, 0.2) is 8.32 Å². The van der Waals surface area contributed by atoms with E-state index in [1.807, 2.05) is 0 Å². The van der Waals surface area contributed by atoms with Gasteiger partial charge >= 0.3 is 0 Å². The monoisotopic (exact) mass is 366 g/mol. The van der Waals surface area contributed by atoms with Gasteiger partial charge < -0.3 is 4.43 Å². The minimum absolute atomic E-state index is 0.579. The SMILES string of the molecule is CC[Si](CC)(CC)OC1CCC[C@]2(C)[C@@H](CCCCC(C)C)CC[C@@H]12. The Morgan fingerprint density at radius 1 is 1.00 bits per heavy atom. The van der Waals surface area contributed by atoms with Crippen molar-refractivity contribution in [2.45, 2.75) is 124 Å². The average Bonchev–Trinajstić information content (AvgIpc) is 2.94. The fourth-order valence-corrected chi connectivity index (χ4v) is 9.03. The van der Waals surface area contributed by atoms with E-state index in [1.54, 1.807) is 0 Å². The van der Waals surface area contributed by atoms with Crippen molar-refractivity contribution in [3.8, 4) is 0 Å². The Morgan fingerprint density at radius 2 is 1.68 bits per heavy atom. The molecular formula is C23H46OSi. The molecule has 0 bridgehead atoms. The minimum Gasteiger partial charge on any atom is -0.414 e. The van der Waals surface area contributed by atoms with E-state index in [1.165, 1.54) is 75.9 Å². The summed E-state index contributed by atoms with van der Waals surface area (Å²) in [6.07, 6.45) is 13.5. The lowest BCUT2D eigenvalue weighted by atomic mass is 9.63. The first-order valence-electron chi connectivity index (χ1n) is 11.6. The van der Waals surface area contributed by atoms with E-state index in [0.717, 1.165) is 17.8 Å². The van der Waals surface area contributed by atoms with Gasteiger partial charge in [-0.15, -0.1) is 0 Å². The van der Waals surface area contributed by atoms with Gasteiger partial charge in [0.1, 0.15) is 0 Å². The van der Waals surface area contributed by atoms with E-state index in [4.69, 9.17) is 4.43 Å². The zero-order chi connectivity index (χ0) is 18.5. The molecule has 2 aliphatic carbocycles. The summed E-state index contributed by atoms with van der Waals surface area (Å²) in [6, 6.07) is 3.91. The van der Waals surface area contributed by atoms with E-state index in [-0.39, 0.29) is 0 Å². The molecule has 1 unspecified atom stereocenters. The van der Waals surface area contributed by atoms with Gasteiger partial charge in [0.2, 0.25) is 0 Å². The molecule has 2 fully saturated rings. The molecule has 2 heteroatoms. The zero-order valence-electron chi connectivity index (χ0n) is 18.2. The number of fused-ring (bicyclic) bond motifs is 1. The fourth-order valence-electron chi connectivity index (χ4n) is 6.11. The first-order chi connectivity index (χ1) is 11.9. The molecule has 0 N–H and O–H groups in total. The van der Waals surface area contributed by atoms with E-state index in [2.05, 4.69) is 41.5 Å². The van der Waals surface area contributed by atoms with Crippen LogP contribution in [0, 0.1) is 23.2 Å². The van der Waals surface area contributed by atoms with Crippen LogP contribution in [-0.4, -0.2) is 14.4 Å². The van der Waals surface area contributed by atoms with Crippen molar-refractivity contribution in [3.63, 3.8) is 0 Å². The van der Waals surface area contributed by atoms with Gasteiger partial charge in [0, 0.05) is 6.10 Å². The first kappa shape index (κ1) is 21.5. The Balaban J connectivity index is 1.97. The molecule has 0 aromatic carbocycles. The van der Waals surface area contributed by atoms with Crippen LogP contribution in [0.2, 0.25) is 18.1 Å². The van der Waals surface area contributed by atoms with Crippen LogP contribution in [0.4, 0.5) is 0 Å². The van der Waals surface area contributed by atoms with Crippen molar-refractivity contribution in [2.75, 3.05) is 0 Å². The standard InChI is InChI=1S/C23H46OSi/c1-7-25(8-2,9-3)24-22-15-12-18-23(6)20(16-17-21(22)23)14-11-10-13-19(4)5/h19-22H,7-18H2,1-6H3/t20-,21-,22?,23+/m0/s1. The molecular weight excluding hydrogens is 320 g/mol. The van der Waals surface area contributed by atoms with Gasteiger partial charge in [0.05, 0.1) is 0 Å². The molecule has 4 atom stereocenters. The maximum atomic E-state index is 7.05. The highest BCUT2D eigenvalue weighted by atomic mass is 28.4. The third kappa shape index (κ3) is 4.92. The number of rotatable bonds is 10. The van der Waals surface area contributed by atoms with Crippen LogP contribution in [0.15, 0.2) is 0 Å². The summed E-state index contributed by atoms with van der Waals surface area (Å²) in [4.78, 5) is 0. The van der Waals surface area contributed by atoms with Crippen molar-refractivity contribution >= 4 is 8.32 Å². The highest BCUT2D eigenvalue weighted by Gasteiger charge is 2.52. The van der Waals surface area contributed by atoms with Crippen LogP contribution < -0.4 is 0 Å². The van der Waals surface area contributed by atoms with Crippen molar-refractivity contribution in [1.29, 1.82) is 0 Å². The number of hydrogen-bond donors (Lipinski definition) is 0. The summed E-state index contributed by atoms with van der Waals surface area (Å²) in [5.41, 5.74) is 0.579. The molecule has 2 rings (SSSR count). The van der Waals surface area contributed by atoms with Crippen LogP contribution in [0.3, 0.4) is 0 Å². The van der Waals surface area contributed by atoms with Gasteiger partial charge in [-0.3, -0.25) is 0 Å². The largest absolute Gasteiger partial charge is 0.414 e. The zero-order valence-corrected chi connectivity index (χ0v) is 19.2. The molecule has 25 heavy (non-hydrogen) atoms. The lowest BCUT2D eigenvalue weighted by Gasteiger charge is -2.48. The highest BCUT2D eigenvalue weighted by Crippen LogP contribution is 2.58. The Kier molecular flexibility index (Phi) is 8.07. The lowest BCUT2D eigenvalue weighted by Crippen LogP contribution is -2.48. The van der Waals surface area contributed by atoms with Gasteiger partial charge in [-0.2, -0.15) is 0 Å². The molecule has 2 saturated carbocycles. The van der Waals surface area contributed by atoms with Crippen LogP contribution in [0.25, 0.3) is 0 Å². The third-order valence-electron chi connectivity index (χ3n) is 8.18. The molecule has 0 heterocycles. The maximum absolute atomic E-state index is 7.05. The average molecular weight is 367 g/mol. The Hall–Kier alpha value is 0.177. The second kappa shape index (κ2) is 9.40. The molecule has 0 amide bonds. The van der Waals surface area contributed by atoms with Crippen LogP contribution in [0.1, 0.15) is 99.3 Å². The van der Waals surface area contributed by atoms with Gasteiger partial charge in [-0.25, -0.2) is 0 Å². The summed E-state index contributed by atoms with van der Waals surface area (Å²) >= 11 is 0. The predicted molar refractivity (Wildman–Crippen MR) is 114 cm³/mol. The molecule has 0 aromatic heterocycles. The molecule has 0 aliphatic heterocycles. The van der Waals surface area contributed by atoms with Crippen molar-refractivity contribution in [2.24, 2.45) is 23.2 Å². The molecule has 0 saturated heterocycles. The van der Waals surface area contributed by atoms with E-state index in [9.17, 15) is 0 Å². The summed E-state index contributed by atoms with van der Waals surface area (Å²) in [7, 11) is -1.46. The van der Waals surface area contributed by atoms with E-state index < -0.39 is 8.32 Å². The smallest absolute Gasteiger partial charge is 0.192 e. The van der Waals surface area contributed by atoms with Gasteiger partial charge in [0.25, 0.3) is 0 Å². The van der Waals surface area contributed by atoms with Crippen molar-refractivity contribution in [3.05, 3.63) is 0 Å². The molecule has 148 valence electrons. The third-order valence-corrected chi connectivity index (χ3v) is 12.8. The summed E-state index contributed by atoms with van der Waals surface area (Å²) in [5, 5.41) is 0. The van der Waals surface area contributed by atoms with E-state index in [0.29, 0.717) is 11.5 Å².